The SMILES string of the molecule is C=N/C(=C\C=C/C)CNC(=O)c1csc2c1CCN(C(=O)OC(C)(C)C)C2. The number of hydrogen-bond donors (Lipinski definition) is 1. The van der Waals surface area contributed by atoms with Crippen LogP contribution in [-0.4, -0.2) is 42.3 Å². The van der Waals surface area contributed by atoms with Crippen LogP contribution in [0.1, 0.15) is 48.5 Å². The molecular formula is C20H27N3O3S. The molecule has 6 nitrogen and oxygen atoms in total. The van der Waals surface area contributed by atoms with E-state index in [-0.39, 0.29) is 12.0 Å². The Morgan fingerprint density at radius 1 is 1.44 bits per heavy atom. The van der Waals surface area contributed by atoms with Gasteiger partial charge >= 0.3 is 6.09 Å². The molecule has 0 aliphatic carbocycles. The predicted octanol–water partition coefficient (Wildman–Crippen LogP) is 3.93. The Bertz CT molecular complexity index is 772. The number of thiophene rings is 1. The summed E-state index contributed by atoms with van der Waals surface area (Å²) >= 11 is 1.50. The third kappa shape index (κ3) is 5.79. The van der Waals surface area contributed by atoms with E-state index in [1.807, 2.05) is 51.3 Å². The molecule has 2 rings (SSSR count). The van der Waals surface area contributed by atoms with Crippen molar-refractivity contribution in [1.29, 1.82) is 0 Å². The molecule has 0 unspecified atom stereocenters. The van der Waals surface area contributed by atoms with Crippen molar-refractivity contribution in [2.24, 2.45) is 4.99 Å². The van der Waals surface area contributed by atoms with Crippen LogP contribution in [0.2, 0.25) is 0 Å². The zero-order valence-corrected chi connectivity index (χ0v) is 17.2. The Morgan fingerprint density at radius 2 is 2.19 bits per heavy atom. The highest BCUT2D eigenvalue weighted by Gasteiger charge is 2.29. The summed E-state index contributed by atoms with van der Waals surface area (Å²) in [6.45, 7) is 12.3. The summed E-state index contributed by atoms with van der Waals surface area (Å²) in [4.78, 5) is 31.5. The molecule has 0 radical (unpaired) electrons. The number of fused-ring (bicyclic) bond motifs is 1. The second-order valence-electron chi connectivity index (χ2n) is 7.23. The Kier molecular flexibility index (Phi) is 6.96. The maximum atomic E-state index is 12.6. The second kappa shape index (κ2) is 8.99. The minimum absolute atomic E-state index is 0.131. The molecule has 7 heteroatoms. The summed E-state index contributed by atoms with van der Waals surface area (Å²) in [5, 5.41) is 4.74. The van der Waals surface area contributed by atoms with Gasteiger partial charge in [-0.1, -0.05) is 12.2 Å². The van der Waals surface area contributed by atoms with Gasteiger partial charge in [-0.2, -0.15) is 0 Å². The van der Waals surface area contributed by atoms with Gasteiger partial charge in [0.15, 0.2) is 0 Å². The molecule has 2 amide bonds. The first-order valence-corrected chi connectivity index (χ1v) is 9.77. The van der Waals surface area contributed by atoms with Gasteiger partial charge in [0.05, 0.1) is 24.4 Å². The van der Waals surface area contributed by atoms with Crippen molar-refractivity contribution in [1.82, 2.24) is 10.2 Å². The Hall–Kier alpha value is -2.41. The summed E-state index contributed by atoms with van der Waals surface area (Å²) in [6.07, 6.45) is 5.88. The third-order valence-electron chi connectivity index (χ3n) is 3.96. The Morgan fingerprint density at radius 3 is 2.81 bits per heavy atom. The van der Waals surface area contributed by atoms with Crippen LogP contribution in [0.15, 0.2) is 34.3 Å². The van der Waals surface area contributed by atoms with E-state index in [0.29, 0.717) is 37.3 Å². The van der Waals surface area contributed by atoms with Gasteiger partial charge in [0, 0.05) is 16.8 Å². The van der Waals surface area contributed by atoms with Crippen molar-refractivity contribution in [2.45, 2.75) is 46.3 Å². The average Bonchev–Trinajstić information content (AvgIpc) is 3.03. The monoisotopic (exact) mass is 389 g/mol. The Balaban J connectivity index is 2.02. The van der Waals surface area contributed by atoms with Crippen molar-refractivity contribution in [3.8, 4) is 0 Å². The van der Waals surface area contributed by atoms with Gasteiger partial charge in [-0.3, -0.25) is 9.79 Å². The number of amides is 2. The average molecular weight is 390 g/mol. The fourth-order valence-corrected chi connectivity index (χ4v) is 3.74. The number of hydrogen-bond acceptors (Lipinski definition) is 5. The molecule has 1 aliphatic heterocycles. The van der Waals surface area contributed by atoms with E-state index < -0.39 is 5.60 Å². The van der Waals surface area contributed by atoms with E-state index in [0.717, 1.165) is 10.4 Å². The molecule has 1 N–H and O–H groups in total. The number of nitrogens with zero attached hydrogens (tertiary/aromatic N) is 2. The number of ether oxygens (including phenoxy) is 1. The zero-order valence-electron chi connectivity index (χ0n) is 16.4. The molecule has 1 aliphatic rings. The van der Waals surface area contributed by atoms with Crippen molar-refractivity contribution < 1.29 is 14.3 Å². The molecule has 0 spiro atoms. The molecule has 1 aromatic heterocycles. The smallest absolute Gasteiger partial charge is 0.410 e. The molecule has 0 saturated carbocycles. The molecule has 0 saturated heterocycles. The summed E-state index contributed by atoms with van der Waals surface area (Å²) in [5.41, 5.74) is 1.87. The van der Waals surface area contributed by atoms with Crippen molar-refractivity contribution in [2.75, 3.05) is 13.1 Å². The van der Waals surface area contributed by atoms with Crippen molar-refractivity contribution >= 4 is 30.1 Å². The molecule has 146 valence electrons. The van der Waals surface area contributed by atoms with Gasteiger partial charge < -0.3 is 15.0 Å². The number of allylic oxidation sites excluding steroid dienone is 3. The van der Waals surface area contributed by atoms with Crippen LogP contribution in [0.3, 0.4) is 0 Å². The number of aliphatic imine (C=N–C) groups is 1. The fourth-order valence-electron chi connectivity index (χ4n) is 2.64. The van der Waals surface area contributed by atoms with Gasteiger partial charge in [0.1, 0.15) is 5.60 Å². The summed E-state index contributed by atoms with van der Waals surface area (Å²) in [5.74, 6) is -0.131. The van der Waals surface area contributed by atoms with Crippen LogP contribution in [-0.2, 0) is 17.7 Å². The quantitative estimate of drug-likeness (QED) is 0.613. The molecule has 0 bridgehead atoms. The summed E-state index contributed by atoms with van der Waals surface area (Å²) in [6, 6.07) is 0. The molecular weight excluding hydrogens is 362 g/mol. The highest BCUT2D eigenvalue weighted by molar-refractivity contribution is 7.10. The zero-order chi connectivity index (χ0) is 20.0. The van der Waals surface area contributed by atoms with Gasteiger partial charge in [0.2, 0.25) is 0 Å². The van der Waals surface area contributed by atoms with Crippen LogP contribution in [0.5, 0.6) is 0 Å². The maximum Gasteiger partial charge on any atom is 0.410 e. The first kappa shape index (κ1) is 20.9. The summed E-state index contributed by atoms with van der Waals surface area (Å²) < 4.78 is 5.44. The number of carbonyl (C=O) groups is 2. The lowest BCUT2D eigenvalue weighted by Crippen LogP contribution is -2.39. The largest absolute Gasteiger partial charge is 0.444 e. The van der Waals surface area contributed by atoms with Gasteiger partial charge in [-0.25, -0.2) is 4.79 Å². The number of nitrogens with one attached hydrogen (secondary N) is 1. The molecule has 27 heavy (non-hydrogen) atoms. The lowest BCUT2D eigenvalue weighted by atomic mass is 10.0. The first-order valence-electron chi connectivity index (χ1n) is 8.89. The minimum Gasteiger partial charge on any atom is -0.444 e. The molecule has 0 atom stereocenters. The van der Waals surface area contributed by atoms with Crippen LogP contribution in [0, 0.1) is 0 Å². The Labute approximate surface area is 164 Å². The predicted molar refractivity (Wildman–Crippen MR) is 109 cm³/mol. The first-order chi connectivity index (χ1) is 12.7. The molecule has 0 fully saturated rings. The number of rotatable bonds is 5. The van der Waals surface area contributed by atoms with Crippen molar-refractivity contribution in [3.63, 3.8) is 0 Å². The standard InChI is InChI=1S/C20H27N3O3S/c1-6-7-8-14(21-5)11-22-18(24)16-13-27-17-12-23(10-9-15(16)17)19(25)26-20(2,3)4/h6-8,13H,5,9-12H2,1-4H3,(H,22,24)/b7-6-,14-8-. The molecule has 1 aromatic rings. The highest BCUT2D eigenvalue weighted by atomic mass is 32.1. The lowest BCUT2D eigenvalue weighted by molar-refractivity contribution is 0.0226. The molecule has 2 heterocycles. The third-order valence-corrected chi connectivity index (χ3v) is 4.97. The van der Waals surface area contributed by atoms with E-state index in [2.05, 4.69) is 17.0 Å². The summed E-state index contributed by atoms with van der Waals surface area (Å²) in [7, 11) is 0. The van der Waals surface area contributed by atoms with Gasteiger partial charge in [0.25, 0.3) is 5.91 Å². The van der Waals surface area contributed by atoms with Crippen LogP contribution in [0.4, 0.5) is 4.79 Å². The van der Waals surface area contributed by atoms with Gasteiger partial charge in [-0.15, -0.1) is 11.3 Å². The van der Waals surface area contributed by atoms with E-state index in [1.165, 1.54) is 11.3 Å². The van der Waals surface area contributed by atoms with Crippen LogP contribution in [0.25, 0.3) is 0 Å². The van der Waals surface area contributed by atoms with Crippen molar-refractivity contribution in [3.05, 3.63) is 45.3 Å². The van der Waals surface area contributed by atoms with E-state index in [1.54, 1.807) is 4.90 Å². The van der Waals surface area contributed by atoms with Crippen LogP contribution >= 0.6 is 11.3 Å². The topological polar surface area (TPSA) is 71.0 Å². The lowest BCUT2D eigenvalue weighted by Gasteiger charge is -2.30. The van der Waals surface area contributed by atoms with Gasteiger partial charge in [-0.05, 0) is 52.5 Å². The highest BCUT2D eigenvalue weighted by Crippen LogP contribution is 2.29. The fraction of sp³-hybridized carbons (Fsp3) is 0.450. The van der Waals surface area contributed by atoms with E-state index in [4.69, 9.17) is 4.74 Å². The second-order valence-corrected chi connectivity index (χ2v) is 8.19. The number of carbonyl (C=O) groups excluding carboxylic acids is 2. The minimum atomic E-state index is -0.519. The normalized spacial score (nSPS) is 14.8. The van der Waals surface area contributed by atoms with E-state index >= 15 is 0 Å². The molecule has 0 aromatic carbocycles. The van der Waals surface area contributed by atoms with Crippen LogP contribution < -0.4 is 5.32 Å². The maximum absolute atomic E-state index is 12.6. The van der Waals surface area contributed by atoms with E-state index in [9.17, 15) is 9.59 Å².